The van der Waals surface area contributed by atoms with Crippen LogP contribution in [0.4, 0.5) is 9.59 Å². The van der Waals surface area contributed by atoms with Crippen LogP contribution in [-0.2, 0) is 44.6 Å². The second-order valence-corrected chi connectivity index (χ2v) is 19.9. The van der Waals surface area contributed by atoms with Crippen LogP contribution in [0.15, 0.2) is 29.8 Å². The summed E-state index contributed by atoms with van der Waals surface area (Å²) in [5.74, 6) is -0.127. The van der Waals surface area contributed by atoms with Crippen LogP contribution in [0, 0.1) is 12.3 Å². The van der Waals surface area contributed by atoms with E-state index in [-0.39, 0.29) is 35.3 Å². The van der Waals surface area contributed by atoms with Crippen LogP contribution in [-0.4, -0.2) is 134 Å². The van der Waals surface area contributed by atoms with Crippen molar-refractivity contribution >= 4 is 63.9 Å². The van der Waals surface area contributed by atoms with Crippen molar-refractivity contribution in [3.8, 4) is 10.4 Å². The molecule has 0 saturated carbocycles. The molecule has 1 aromatic carbocycles. The molecular formula is C43H73N5O11S3. The Kier molecular flexibility index (Phi) is 31.0. The minimum atomic E-state index is -1.20. The molecule has 2 aromatic rings. The molecule has 4 unspecified atom stereocenters. The fourth-order valence-corrected chi connectivity index (χ4v) is 7.46. The van der Waals surface area contributed by atoms with Gasteiger partial charge in [-0.15, -0.1) is 11.3 Å². The highest BCUT2D eigenvalue weighted by molar-refractivity contribution is 8.76. The third-order valence-corrected chi connectivity index (χ3v) is 12.2. The van der Waals surface area contributed by atoms with Crippen molar-refractivity contribution in [1.29, 1.82) is 0 Å². The van der Waals surface area contributed by atoms with Gasteiger partial charge in [0.1, 0.15) is 18.3 Å². The Morgan fingerprint density at radius 2 is 1.60 bits per heavy atom. The summed E-state index contributed by atoms with van der Waals surface area (Å²) < 4.78 is 25.6. The Morgan fingerprint density at radius 1 is 0.984 bits per heavy atom. The van der Waals surface area contributed by atoms with Gasteiger partial charge in [0, 0.05) is 37.0 Å². The maximum absolute atomic E-state index is 11.7. The topological polar surface area (TPSA) is 204 Å². The smallest absolute Gasteiger partial charge is 0.450 e. The first kappa shape index (κ1) is 58.4. The number of alkyl carbamates (subject to hydrolysis) is 1. The van der Waals surface area contributed by atoms with Crippen LogP contribution in [0.25, 0.3) is 10.4 Å². The number of carboxylic acid groups (broad SMARTS) is 1. The van der Waals surface area contributed by atoms with Crippen LogP contribution in [0.1, 0.15) is 93.3 Å². The zero-order valence-corrected chi connectivity index (χ0v) is 41.2. The van der Waals surface area contributed by atoms with Gasteiger partial charge in [0.2, 0.25) is 18.7 Å². The normalized spacial score (nSPS) is 14.8. The molecule has 2 heterocycles. The number of ether oxygens (including phenoxy) is 5. The number of aromatic nitrogens is 1. The lowest BCUT2D eigenvalue weighted by Crippen LogP contribution is -2.43. The summed E-state index contributed by atoms with van der Waals surface area (Å²) in [7, 11) is 3.22. The first-order valence-electron chi connectivity index (χ1n) is 20.6. The third-order valence-electron chi connectivity index (χ3n) is 8.86. The van der Waals surface area contributed by atoms with Crippen LogP contribution >= 0.6 is 32.9 Å². The molecule has 62 heavy (non-hydrogen) atoms. The van der Waals surface area contributed by atoms with Crippen LogP contribution < -0.4 is 16.0 Å². The van der Waals surface area contributed by atoms with Gasteiger partial charge >= 0.3 is 12.2 Å². The summed E-state index contributed by atoms with van der Waals surface area (Å²) in [6.07, 6.45) is 4.06. The fourth-order valence-electron chi connectivity index (χ4n) is 4.75. The van der Waals surface area contributed by atoms with Crippen molar-refractivity contribution in [2.24, 2.45) is 5.41 Å². The lowest BCUT2D eigenvalue weighted by Gasteiger charge is -2.28. The number of likely N-dealkylation sites (tertiary alicyclic amines) is 1. The Bertz CT molecular complexity index is 1540. The highest BCUT2D eigenvalue weighted by Gasteiger charge is 2.22. The van der Waals surface area contributed by atoms with E-state index in [2.05, 4.69) is 65.5 Å². The van der Waals surface area contributed by atoms with Crippen molar-refractivity contribution in [3.05, 3.63) is 41.0 Å². The van der Waals surface area contributed by atoms with Gasteiger partial charge in [-0.25, -0.2) is 14.6 Å². The van der Waals surface area contributed by atoms with E-state index < -0.39 is 17.8 Å². The maximum atomic E-state index is 11.7. The second kappa shape index (κ2) is 33.0. The lowest BCUT2D eigenvalue weighted by molar-refractivity contribution is -0.127. The molecule has 1 aromatic heterocycles. The van der Waals surface area contributed by atoms with Gasteiger partial charge in [0.25, 0.3) is 0 Å². The lowest BCUT2D eigenvalue weighted by atomic mass is 9.88. The van der Waals surface area contributed by atoms with Crippen LogP contribution in [0.2, 0.25) is 0 Å². The van der Waals surface area contributed by atoms with Gasteiger partial charge in [-0.3, -0.25) is 14.4 Å². The summed E-state index contributed by atoms with van der Waals surface area (Å²) in [6.45, 7) is 25.3. The van der Waals surface area contributed by atoms with Gasteiger partial charge in [-0.1, -0.05) is 66.6 Å². The molecule has 0 spiro atoms. The van der Waals surface area contributed by atoms with E-state index in [1.54, 1.807) is 39.8 Å². The minimum Gasteiger partial charge on any atom is -0.450 e. The van der Waals surface area contributed by atoms with Gasteiger partial charge < -0.3 is 49.6 Å². The number of carbonyl (C=O) groups excluding carboxylic acids is 4. The van der Waals surface area contributed by atoms with Gasteiger partial charge in [0.15, 0.2) is 0 Å². The molecule has 354 valence electrons. The Hall–Kier alpha value is -3.62. The quantitative estimate of drug-likeness (QED) is 0.0413. The Morgan fingerprint density at radius 3 is 2.06 bits per heavy atom. The molecule has 1 saturated heterocycles. The number of rotatable bonds is 21. The summed E-state index contributed by atoms with van der Waals surface area (Å²) in [5, 5.41) is 16.6. The maximum Gasteiger partial charge on any atom is 0.506 e. The summed E-state index contributed by atoms with van der Waals surface area (Å²) in [6, 6.07) is 8.72. The largest absolute Gasteiger partial charge is 0.506 e. The SMILES string of the molecule is CC(NC(=O)COCCOCCOCCNC(=O)OC(C)(C)C)C(C)(C)C.CC1CCCN1C=O.CSSC(C)C(C)OC(=O)O.Cc1ncsc1-c1ccc(CNC=O)cc1. The van der Waals surface area contributed by atoms with E-state index in [9.17, 15) is 24.0 Å². The average Bonchev–Trinajstić information content (AvgIpc) is 3.82. The molecular weight excluding hydrogens is 859 g/mol. The summed E-state index contributed by atoms with van der Waals surface area (Å²) in [5.41, 5.74) is 4.69. The van der Waals surface area contributed by atoms with Crippen molar-refractivity contribution in [2.75, 3.05) is 59.0 Å². The number of benzene rings is 1. The number of amides is 4. The molecule has 19 heteroatoms. The Labute approximate surface area is 381 Å². The third kappa shape index (κ3) is 29.6. The van der Waals surface area contributed by atoms with Crippen molar-refractivity contribution < 1.29 is 52.8 Å². The van der Waals surface area contributed by atoms with E-state index in [0.717, 1.165) is 24.2 Å². The zero-order valence-electron chi connectivity index (χ0n) is 38.8. The monoisotopic (exact) mass is 931 g/mol. The van der Waals surface area contributed by atoms with Crippen molar-refractivity contribution in [1.82, 2.24) is 25.8 Å². The van der Waals surface area contributed by atoms with Crippen molar-refractivity contribution in [2.45, 2.75) is 125 Å². The number of carbonyl (C=O) groups is 5. The highest BCUT2D eigenvalue weighted by Crippen LogP contribution is 2.28. The average molecular weight is 932 g/mol. The molecule has 3 rings (SSSR count). The van der Waals surface area contributed by atoms with Crippen molar-refractivity contribution in [3.63, 3.8) is 0 Å². The predicted molar refractivity (Wildman–Crippen MR) is 250 cm³/mol. The highest BCUT2D eigenvalue weighted by atomic mass is 33.1. The molecule has 4 atom stereocenters. The molecule has 1 fully saturated rings. The van der Waals surface area contributed by atoms with E-state index in [1.165, 1.54) is 23.3 Å². The Balaban J connectivity index is 0.000000889. The van der Waals surface area contributed by atoms with Gasteiger partial charge in [-0.2, -0.15) is 0 Å². The minimum absolute atomic E-state index is 0.0151. The van der Waals surface area contributed by atoms with E-state index in [4.69, 9.17) is 24.1 Å². The molecule has 0 radical (unpaired) electrons. The van der Waals surface area contributed by atoms with E-state index in [1.807, 2.05) is 70.3 Å². The van der Waals surface area contributed by atoms with E-state index >= 15 is 0 Å². The standard InChI is InChI=1S/C19H38N2O6.C12H12N2OS.C6H11NO.C6H12O3S2/c1-15(18(2,3)4)21-16(22)14-26-13-12-25-11-10-24-9-8-20-17(23)27-19(5,6)7;1-9-12(16-8-14-9)11-4-2-10(3-5-11)6-13-7-15;1-6-3-2-4-7(6)5-8;1-4(9-6(7)8)5(2)11-10-3/h15H,8-14H2,1-7H3,(H,20,23)(H,21,22);2-5,7-8H,6H2,1H3,(H,13,15);5-6H,2-4H2,1H3;4-5H,1-3H3,(H,7,8). The fraction of sp³-hybridized carbons (Fsp3) is 0.674. The van der Waals surface area contributed by atoms with Crippen LogP contribution in [0.3, 0.4) is 0 Å². The number of hydrogen-bond acceptors (Lipinski definition) is 14. The molecule has 1 aliphatic heterocycles. The molecule has 1 aliphatic rings. The number of hydrogen-bond donors (Lipinski definition) is 4. The predicted octanol–water partition coefficient (Wildman–Crippen LogP) is 7.57. The zero-order chi connectivity index (χ0) is 47.1. The van der Waals surface area contributed by atoms with Crippen LogP contribution in [0.5, 0.6) is 0 Å². The number of thiazole rings is 1. The van der Waals surface area contributed by atoms with Gasteiger partial charge in [0.05, 0.1) is 49.1 Å². The van der Waals surface area contributed by atoms with Gasteiger partial charge in [-0.05, 0) is 91.0 Å². The summed E-state index contributed by atoms with van der Waals surface area (Å²) in [4.78, 5) is 60.8. The molecule has 0 bridgehead atoms. The first-order valence-corrected chi connectivity index (χ1v) is 24.1. The molecule has 4 N–H and O–H groups in total. The molecule has 4 amide bonds. The molecule has 16 nitrogen and oxygen atoms in total. The first-order chi connectivity index (χ1) is 29.1. The number of nitrogens with zero attached hydrogens (tertiary/aromatic N) is 2. The summed E-state index contributed by atoms with van der Waals surface area (Å²) >= 11 is 1.64. The number of nitrogens with one attached hydrogen (secondary N) is 3. The second-order valence-electron chi connectivity index (χ2n) is 16.2. The number of aryl methyl sites for hydroxylation is 1. The molecule has 0 aliphatic carbocycles. The van der Waals surface area contributed by atoms with E-state index in [0.29, 0.717) is 58.6 Å².